The van der Waals surface area contributed by atoms with Crippen LogP contribution in [-0.2, 0) is 6.42 Å². The molecular weight excluding hydrogens is 270 g/mol. The normalized spacial score (nSPS) is 12.2. The number of para-hydroxylation sites is 1. The van der Waals surface area contributed by atoms with Crippen molar-refractivity contribution in [1.29, 1.82) is 0 Å². The van der Waals surface area contributed by atoms with E-state index in [1.165, 1.54) is 5.56 Å². The number of rotatable bonds is 4. The molecule has 0 saturated carbocycles. The van der Waals surface area contributed by atoms with Crippen molar-refractivity contribution >= 4 is 11.6 Å². The molecule has 2 nitrogen and oxygen atoms in total. The molecule has 0 amide bonds. The van der Waals surface area contributed by atoms with Crippen LogP contribution in [0.3, 0.4) is 0 Å². The third kappa shape index (κ3) is 3.33. The highest BCUT2D eigenvalue weighted by atomic mass is 35.5. The zero-order valence-electron chi connectivity index (χ0n) is 12.1. The first kappa shape index (κ1) is 14.9. The first-order valence-electron chi connectivity index (χ1n) is 6.76. The molecule has 0 fully saturated rings. The average molecular weight is 290 g/mol. The molecule has 2 aromatic rings. The van der Waals surface area contributed by atoms with Gasteiger partial charge in [-0.2, -0.15) is 0 Å². The topological polar surface area (TPSA) is 35.2 Å². The first-order chi connectivity index (χ1) is 9.49. The van der Waals surface area contributed by atoms with Crippen molar-refractivity contribution in [3.05, 3.63) is 58.1 Å². The summed E-state index contributed by atoms with van der Waals surface area (Å²) in [5, 5.41) is 0.615. The Morgan fingerprint density at radius 1 is 1.15 bits per heavy atom. The average Bonchev–Trinajstić information content (AvgIpc) is 2.38. The maximum atomic E-state index is 6.29. The lowest BCUT2D eigenvalue weighted by Gasteiger charge is -2.16. The van der Waals surface area contributed by atoms with Crippen LogP contribution in [0.4, 0.5) is 0 Å². The molecule has 0 saturated heterocycles. The van der Waals surface area contributed by atoms with Crippen molar-refractivity contribution in [1.82, 2.24) is 0 Å². The van der Waals surface area contributed by atoms with Crippen LogP contribution in [0.25, 0.3) is 0 Å². The number of hydrogen-bond donors (Lipinski definition) is 1. The van der Waals surface area contributed by atoms with Crippen molar-refractivity contribution in [3.63, 3.8) is 0 Å². The third-order valence-corrected chi connectivity index (χ3v) is 3.65. The Balaban J connectivity index is 2.40. The maximum absolute atomic E-state index is 6.29. The van der Waals surface area contributed by atoms with E-state index in [1.807, 2.05) is 44.2 Å². The molecule has 0 spiro atoms. The van der Waals surface area contributed by atoms with Gasteiger partial charge in [0.05, 0.1) is 5.02 Å². The summed E-state index contributed by atoms with van der Waals surface area (Å²) in [5.41, 5.74) is 9.25. The molecule has 1 unspecified atom stereocenters. The van der Waals surface area contributed by atoms with Crippen LogP contribution in [-0.4, -0.2) is 6.04 Å². The number of benzene rings is 2. The van der Waals surface area contributed by atoms with Crippen molar-refractivity contribution in [2.45, 2.75) is 33.2 Å². The fraction of sp³-hybridized carbons (Fsp3) is 0.294. The molecule has 0 heterocycles. The highest BCUT2D eigenvalue weighted by Gasteiger charge is 2.12. The maximum Gasteiger partial charge on any atom is 0.149 e. The van der Waals surface area contributed by atoms with Gasteiger partial charge in [-0.05, 0) is 56.0 Å². The van der Waals surface area contributed by atoms with Crippen LogP contribution in [0.5, 0.6) is 11.5 Å². The minimum absolute atomic E-state index is 0.0643. The molecule has 2 rings (SSSR count). The number of ether oxygens (including phenoxy) is 1. The number of hydrogen-bond acceptors (Lipinski definition) is 2. The summed E-state index contributed by atoms with van der Waals surface area (Å²) in [5.74, 6) is 1.55. The second-order valence-electron chi connectivity index (χ2n) is 5.21. The van der Waals surface area contributed by atoms with Crippen LogP contribution in [0.2, 0.25) is 5.02 Å². The Labute approximate surface area is 125 Å². The minimum Gasteiger partial charge on any atom is -0.455 e. The van der Waals surface area contributed by atoms with E-state index in [9.17, 15) is 0 Å². The summed E-state index contributed by atoms with van der Waals surface area (Å²) in [6.45, 7) is 6.09. The highest BCUT2D eigenvalue weighted by Crippen LogP contribution is 2.35. The van der Waals surface area contributed by atoms with Crippen molar-refractivity contribution in [2.24, 2.45) is 5.73 Å². The quantitative estimate of drug-likeness (QED) is 0.890. The van der Waals surface area contributed by atoms with E-state index >= 15 is 0 Å². The Kier molecular flexibility index (Phi) is 4.69. The summed E-state index contributed by atoms with van der Waals surface area (Å²) in [6.07, 6.45) is 0.737. The Morgan fingerprint density at radius 3 is 2.55 bits per heavy atom. The van der Waals surface area contributed by atoms with Crippen molar-refractivity contribution < 1.29 is 4.74 Å². The van der Waals surface area contributed by atoms with E-state index in [4.69, 9.17) is 22.1 Å². The molecule has 0 aromatic heterocycles. The summed E-state index contributed by atoms with van der Waals surface area (Å²) in [6, 6.07) is 11.9. The lowest BCUT2D eigenvalue weighted by atomic mass is 10.1. The van der Waals surface area contributed by atoms with Crippen molar-refractivity contribution in [2.75, 3.05) is 0 Å². The molecular formula is C17H20ClNO. The van der Waals surface area contributed by atoms with Crippen LogP contribution in [0, 0.1) is 13.8 Å². The smallest absolute Gasteiger partial charge is 0.149 e. The Morgan fingerprint density at radius 2 is 1.85 bits per heavy atom. The lowest BCUT2D eigenvalue weighted by Crippen LogP contribution is -2.18. The predicted octanol–water partition coefficient (Wildman–Crippen LogP) is 4.64. The van der Waals surface area contributed by atoms with Gasteiger partial charge in [0.25, 0.3) is 0 Å². The summed E-state index contributed by atoms with van der Waals surface area (Å²) >= 11 is 6.29. The molecule has 0 radical (unpaired) electrons. The van der Waals surface area contributed by atoms with E-state index in [2.05, 4.69) is 13.0 Å². The fourth-order valence-corrected chi connectivity index (χ4v) is 2.35. The van der Waals surface area contributed by atoms with Gasteiger partial charge in [0.1, 0.15) is 11.5 Å². The number of nitrogens with two attached hydrogens (primary N) is 1. The van der Waals surface area contributed by atoms with Gasteiger partial charge in [0.15, 0.2) is 0 Å². The van der Waals surface area contributed by atoms with Gasteiger partial charge >= 0.3 is 0 Å². The van der Waals surface area contributed by atoms with Crippen molar-refractivity contribution in [3.8, 4) is 11.5 Å². The van der Waals surface area contributed by atoms with E-state index in [-0.39, 0.29) is 6.04 Å². The summed E-state index contributed by atoms with van der Waals surface area (Å²) in [7, 11) is 0. The summed E-state index contributed by atoms with van der Waals surface area (Å²) in [4.78, 5) is 0. The van der Waals surface area contributed by atoms with Gasteiger partial charge in [-0.25, -0.2) is 0 Å². The fourth-order valence-electron chi connectivity index (χ4n) is 2.12. The standard InChI is InChI=1S/C17H20ClNO/c1-11-6-4-9-16(13(11)3)20-17-14(10-12(2)19)7-5-8-15(17)18/h4-9,12H,10,19H2,1-3H3. The Bertz CT molecular complexity index is 608. The van der Waals surface area contributed by atoms with E-state index in [0.29, 0.717) is 10.8 Å². The number of halogens is 1. The molecule has 1 atom stereocenters. The highest BCUT2D eigenvalue weighted by molar-refractivity contribution is 6.32. The third-order valence-electron chi connectivity index (χ3n) is 3.36. The predicted molar refractivity (Wildman–Crippen MR) is 84.8 cm³/mol. The van der Waals surface area contributed by atoms with Crippen LogP contribution in [0.15, 0.2) is 36.4 Å². The molecule has 2 N–H and O–H groups in total. The number of aryl methyl sites for hydroxylation is 1. The Hall–Kier alpha value is -1.51. The summed E-state index contributed by atoms with van der Waals surface area (Å²) < 4.78 is 6.07. The van der Waals surface area contributed by atoms with Gasteiger partial charge in [-0.3, -0.25) is 0 Å². The molecule has 0 bridgehead atoms. The van der Waals surface area contributed by atoms with E-state index in [0.717, 1.165) is 23.3 Å². The zero-order valence-corrected chi connectivity index (χ0v) is 12.9. The lowest BCUT2D eigenvalue weighted by molar-refractivity contribution is 0.470. The molecule has 0 aliphatic carbocycles. The van der Waals surface area contributed by atoms with E-state index < -0.39 is 0 Å². The largest absolute Gasteiger partial charge is 0.455 e. The molecule has 0 aliphatic rings. The first-order valence-corrected chi connectivity index (χ1v) is 7.14. The molecule has 0 aliphatic heterocycles. The molecule has 2 aromatic carbocycles. The SMILES string of the molecule is Cc1cccc(Oc2c(Cl)cccc2CC(C)N)c1C. The van der Waals surface area contributed by atoms with Gasteiger partial charge < -0.3 is 10.5 Å². The van der Waals surface area contributed by atoms with Gasteiger partial charge in [-0.1, -0.05) is 35.9 Å². The zero-order chi connectivity index (χ0) is 14.7. The van der Waals surface area contributed by atoms with Crippen LogP contribution >= 0.6 is 11.6 Å². The second kappa shape index (κ2) is 6.29. The van der Waals surface area contributed by atoms with Gasteiger partial charge in [-0.15, -0.1) is 0 Å². The molecule has 20 heavy (non-hydrogen) atoms. The second-order valence-corrected chi connectivity index (χ2v) is 5.62. The van der Waals surface area contributed by atoms with Crippen LogP contribution < -0.4 is 10.5 Å². The van der Waals surface area contributed by atoms with Gasteiger partial charge in [0, 0.05) is 6.04 Å². The monoisotopic (exact) mass is 289 g/mol. The minimum atomic E-state index is 0.0643. The van der Waals surface area contributed by atoms with Gasteiger partial charge in [0.2, 0.25) is 0 Å². The molecule has 106 valence electrons. The molecule has 3 heteroatoms. The van der Waals surface area contributed by atoms with E-state index in [1.54, 1.807) is 0 Å². The van der Waals surface area contributed by atoms with Crippen LogP contribution in [0.1, 0.15) is 23.6 Å².